The molecule has 0 radical (unpaired) electrons. The van der Waals surface area contributed by atoms with E-state index in [1.54, 1.807) is 52.4 Å². The van der Waals surface area contributed by atoms with Crippen molar-refractivity contribution in [2.24, 2.45) is 5.92 Å². The van der Waals surface area contributed by atoms with Crippen LogP contribution in [0.25, 0.3) is 10.4 Å². The van der Waals surface area contributed by atoms with E-state index in [4.69, 9.17) is 0 Å². The van der Waals surface area contributed by atoms with E-state index in [2.05, 4.69) is 10.3 Å². The molecule has 1 saturated carbocycles. The lowest BCUT2D eigenvalue weighted by molar-refractivity contribution is 0.0974. The van der Waals surface area contributed by atoms with E-state index in [-0.39, 0.29) is 24.1 Å². The average Bonchev–Trinajstić information content (AvgIpc) is 3.61. The summed E-state index contributed by atoms with van der Waals surface area (Å²) in [6.45, 7) is 1.23. The molecule has 43 heavy (non-hydrogen) atoms. The molecule has 218 valence electrons. The number of pyridine rings is 1. The van der Waals surface area contributed by atoms with Gasteiger partial charge in [-0.2, -0.15) is 0 Å². The molecule has 4 heterocycles. The van der Waals surface area contributed by atoms with E-state index in [0.29, 0.717) is 60.9 Å². The van der Waals surface area contributed by atoms with Gasteiger partial charge in [-0.25, -0.2) is 9.37 Å². The molecule has 2 fully saturated rings. The highest BCUT2D eigenvalue weighted by molar-refractivity contribution is 7.17. The normalized spacial score (nSPS) is 17.7. The van der Waals surface area contributed by atoms with Crippen LogP contribution in [0.5, 0.6) is 0 Å². The second-order valence-corrected chi connectivity index (χ2v) is 12.5. The number of fused-ring (bicyclic) bond motifs is 3. The highest BCUT2D eigenvalue weighted by Gasteiger charge is 2.30. The van der Waals surface area contributed by atoms with Crippen molar-refractivity contribution in [1.82, 2.24) is 4.98 Å². The van der Waals surface area contributed by atoms with Crippen molar-refractivity contribution >= 4 is 46.1 Å². The number of hydrogen-bond donors (Lipinski definition) is 1. The summed E-state index contributed by atoms with van der Waals surface area (Å²) in [7, 11) is 0. The molecule has 2 aromatic carbocycles. The lowest BCUT2D eigenvalue weighted by Gasteiger charge is -2.23. The number of benzene rings is 2. The molecule has 2 aliphatic heterocycles. The van der Waals surface area contributed by atoms with Gasteiger partial charge in [0.1, 0.15) is 12.0 Å². The molecule has 9 heteroatoms. The Morgan fingerprint density at radius 3 is 2.56 bits per heavy atom. The van der Waals surface area contributed by atoms with Crippen LogP contribution < -0.4 is 15.1 Å². The maximum absolute atomic E-state index is 13.8. The fourth-order valence-corrected chi connectivity index (χ4v) is 7.11. The molecule has 0 bridgehead atoms. The fraction of sp³-hybridized carbons (Fsp3) is 0.294. The topological polar surface area (TPSA) is 82.6 Å². The van der Waals surface area contributed by atoms with Gasteiger partial charge in [-0.05, 0) is 85.7 Å². The molecule has 7 rings (SSSR count). The number of aromatic nitrogens is 1. The number of carbonyl (C=O) groups excluding carboxylic acids is 3. The molecule has 1 saturated heterocycles. The average molecular weight is 595 g/mol. The number of Topliss-reactive ketones (excluding diaryl/α,β-unsaturated/α-hetero) is 1. The van der Waals surface area contributed by atoms with Crippen LogP contribution in [0.4, 0.5) is 21.6 Å². The minimum Gasteiger partial charge on any atom is -0.353 e. The number of para-hydroxylation sites is 1. The van der Waals surface area contributed by atoms with Crippen LogP contribution in [0.3, 0.4) is 0 Å². The van der Waals surface area contributed by atoms with Crippen LogP contribution in [0.15, 0.2) is 72.9 Å². The maximum Gasteiger partial charge on any atom is 0.259 e. The van der Waals surface area contributed by atoms with Crippen LogP contribution in [0.1, 0.15) is 61.6 Å². The second kappa shape index (κ2) is 11.4. The number of thiophene rings is 1. The third kappa shape index (κ3) is 5.57. The van der Waals surface area contributed by atoms with E-state index >= 15 is 0 Å². The van der Waals surface area contributed by atoms with Gasteiger partial charge in [0.25, 0.3) is 11.8 Å². The molecule has 3 aliphatic rings. The fourth-order valence-electron chi connectivity index (χ4n) is 5.92. The van der Waals surface area contributed by atoms with Gasteiger partial charge in [-0.15, -0.1) is 11.3 Å². The molecule has 1 aliphatic carbocycles. The summed E-state index contributed by atoms with van der Waals surface area (Å²) in [5, 5.41) is 2.89. The summed E-state index contributed by atoms with van der Waals surface area (Å²) in [5.41, 5.74) is 4.33. The number of anilines is 3. The van der Waals surface area contributed by atoms with E-state index in [0.717, 1.165) is 39.4 Å². The largest absolute Gasteiger partial charge is 0.353 e. The van der Waals surface area contributed by atoms with Gasteiger partial charge in [0, 0.05) is 47.4 Å². The van der Waals surface area contributed by atoms with Gasteiger partial charge in [-0.3, -0.25) is 14.4 Å². The molecule has 7 nitrogen and oxygen atoms in total. The quantitative estimate of drug-likeness (QED) is 0.238. The van der Waals surface area contributed by atoms with Crippen molar-refractivity contribution in [3.8, 4) is 10.4 Å². The Kier molecular flexibility index (Phi) is 7.26. The number of rotatable bonds is 7. The molecular formula is C34H31FN4O3S. The lowest BCUT2D eigenvalue weighted by Crippen LogP contribution is -2.32. The lowest BCUT2D eigenvalue weighted by atomic mass is 10.1. The number of halogens is 1. The predicted molar refractivity (Wildman–Crippen MR) is 167 cm³/mol. The van der Waals surface area contributed by atoms with Gasteiger partial charge in [0.15, 0.2) is 5.78 Å². The molecule has 0 unspecified atom stereocenters. The number of amides is 2. The standard InChI is InChI=1S/C34H31FN4O3S/c35-24-14-16-38(20-24)32-27(5-3-15-36-32)33(41)37-25-11-9-22(10-12-25)34(42)39-17-13-23-19-30(29(40)18-21-7-8-21)43-31(23)26-4-1-2-6-28(26)39/h1-6,9-12,15,19,21,24H,7-8,13-14,16-18,20H2,(H,37,41)/t24-/m1/s1. The molecule has 2 amide bonds. The Balaban J connectivity index is 1.08. The number of alkyl halides is 1. The van der Waals surface area contributed by atoms with Gasteiger partial charge in [0.2, 0.25) is 0 Å². The monoisotopic (exact) mass is 594 g/mol. The first-order chi connectivity index (χ1) is 20.9. The van der Waals surface area contributed by atoms with Gasteiger partial charge in [0.05, 0.1) is 22.7 Å². The van der Waals surface area contributed by atoms with Crippen molar-refractivity contribution in [3.63, 3.8) is 0 Å². The number of hydrogen-bond acceptors (Lipinski definition) is 6. The van der Waals surface area contributed by atoms with E-state index in [1.165, 1.54) is 11.3 Å². The first kappa shape index (κ1) is 27.5. The molecular weight excluding hydrogens is 563 g/mol. The third-order valence-electron chi connectivity index (χ3n) is 8.40. The van der Waals surface area contributed by atoms with Gasteiger partial charge >= 0.3 is 0 Å². The first-order valence-corrected chi connectivity index (χ1v) is 15.6. The zero-order valence-corrected chi connectivity index (χ0v) is 24.4. The summed E-state index contributed by atoms with van der Waals surface area (Å²) in [4.78, 5) is 49.6. The first-order valence-electron chi connectivity index (χ1n) is 14.8. The highest BCUT2D eigenvalue weighted by Crippen LogP contribution is 2.43. The van der Waals surface area contributed by atoms with Crippen molar-refractivity contribution in [1.29, 1.82) is 0 Å². The van der Waals surface area contributed by atoms with Gasteiger partial charge < -0.3 is 15.1 Å². The van der Waals surface area contributed by atoms with Crippen LogP contribution in [0, 0.1) is 5.92 Å². The van der Waals surface area contributed by atoms with Gasteiger partial charge in [-0.1, -0.05) is 18.2 Å². The summed E-state index contributed by atoms with van der Waals surface area (Å²) in [6, 6.07) is 20.1. The van der Waals surface area contributed by atoms with Crippen LogP contribution in [-0.2, 0) is 6.42 Å². The zero-order chi connectivity index (χ0) is 29.5. The SMILES string of the molecule is O=C(CC1CC1)c1cc2c(s1)-c1ccccc1N(C(=O)c1ccc(NC(=O)c3cccnc3N3CC[C@@H](F)C3)cc1)CC2. The number of nitrogens with zero attached hydrogens (tertiary/aromatic N) is 3. The minimum atomic E-state index is -0.926. The highest BCUT2D eigenvalue weighted by atomic mass is 32.1. The molecule has 1 N–H and O–H groups in total. The minimum absolute atomic E-state index is 0.130. The zero-order valence-electron chi connectivity index (χ0n) is 23.6. The summed E-state index contributed by atoms with van der Waals surface area (Å²) in [6.07, 6.45) is 4.68. The van der Waals surface area contributed by atoms with E-state index < -0.39 is 6.17 Å². The van der Waals surface area contributed by atoms with E-state index in [9.17, 15) is 18.8 Å². The van der Waals surface area contributed by atoms with Crippen molar-refractivity contribution in [2.45, 2.75) is 38.3 Å². The van der Waals surface area contributed by atoms with Crippen LogP contribution in [0.2, 0.25) is 0 Å². The van der Waals surface area contributed by atoms with Crippen LogP contribution >= 0.6 is 11.3 Å². The number of nitrogens with one attached hydrogen (secondary N) is 1. The molecule has 2 aromatic heterocycles. The predicted octanol–water partition coefficient (Wildman–Crippen LogP) is 6.80. The Hall–Kier alpha value is -4.37. The summed E-state index contributed by atoms with van der Waals surface area (Å²) >= 11 is 1.54. The Labute approximate surface area is 253 Å². The van der Waals surface area contributed by atoms with Crippen molar-refractivity contribution in [3.05, 3.63) is 94.5 Å². The smallest absolute Gasteiger partial charge is 0.259 e. The molecule has 1 atom stereocenters. The Morgan fingerprint density at radius 2 is 1.79 bits per heavy atom. The number of carbonyl (C=O) groups is 3. The second-order valence-electron chi connectivity index (χ2n) is 11.5. The summed E-state index contributed by atoms with van der Waals surface area (Å²) in [5.74, 6) is 0.770. The Bertz CT molecular complexity index is 1710. The Morgan fingerprint density at radius 1 is 0.977 bits per heavy atom. The number of ketones is 1. The van der Waals surface area contributed by atoms with Crippen molar-refractivity contribution < 1.29 is 18.8 Å². The molecule has 4 aromatic rings. The van der Waals surface area contributed by atoms with Crippen LogP contribution in [-0.4, -0.2) is 48.4 Å². The maximum atomic E-state index is 13.8. The summed E-state index contributed by atoms with van der Waals surface area (Å²) < 4.78 is 13.8. The van der Waals surface area contributed by atoms with Crippen molar-refractivity contribution in [2.75, 3.05) is 34.8 Å². The third-order valence-corrected chi connectivity index (χ3v) is 9.65. The molecule has 0 spiro atoms. The van der Waals surface area contributed by atoms with E-state index in [1.807, 2.05) is 30.3 Å².